The number of benzene rings is 2. The molecule has 0 aliphatic heterocycles. The molecule has 3 aromatic rings. The molecule has 1 aromatic heterocycles. The van der Waals surface area contributed by atoms with E-state index in [4.69, 9.17) is 17.2 Å². The first kappa shape index (κ1) is 9.72. The van der Waals surface area contributed by atoms with E-state index in [9.17, 15) is 0 Å². The van der Waals surface area contributed by atoms with Crippen molar-refractivity contribution < 1.29 is 0 Å². The van der Waals surface area contributed by atoms with Crippen molar-refractivity contribution in [3.05, 3.63) is 36.4 Å². The summed E-state index contributed by atoms with van der Waals surface area (Å²) < 4.78 is 0. The number of pyridine rings is 1. The number of aromatic nitrogens is 1. The summed E-state index contributed by atoms with van der Waals surface area (Å²) in [6, 6.07) is 11.3. The quantitative estimate of drug-likeness (QED) is 0.403. The lowest BCUT2D eigenvalue weighted by molar-refractivity contribution is 1.50. The Balaban J connectivity index is 2.43. The number of rotatable bonds is 0. The monoisotopic (exact) mass is 224 g/mol. The molecule has 0 saturated carbocycles. The van der Waals surface area contributed by atoms with Crippen LogP contribution in [0.15, 0.2) is 36.4 Å². The van der Waals surface area contributed by atoms with Gasteiger partial charge in [-0.2, -0.15) is 0 Å². The van der Waals surface area contributed by atoms with Crippen LogP contribution in [0.2, 0.25) is 0 Å². The molecule has 4 nitrogen and oxygen atoms in total. The highest BCUT2D eigenvalue weighted by atomic mass is 14.7. The van der Waals surface area contributed by atoms with Crippen LogP contribution >= 0.6 is 0 Å². The van der Waals surface area contributed by atoms with Gasteiger partial charge in [-0.25, -0.2) is 4.98 Å². The lowest BCUT2D eigenvalue weighted by atomic mass is 10.1. The number of fused-ring (bicyclic) bond motifs is 2. The fourth-order valence-corrected chi connectivity index (χ4v) is 1.93. The molecule has 17 heavy (non-hydrogen) atoms. The Kier molecular flexibility index (Phi) is 1.86. The molecule has 3 rings (SSSR count). The van der Waals surface area contributed by atoms with Gasteiger partial charge in [-0.1, -0.05) is 6.07 Å². The van der Waals surface area contributed by atoms with Crippen LogP contribution in [0.1, 0.15) is 0 Å². The molecule has 0 aliphatic carbocycles. The summed E-state index contributed by atoms with van der Waals surface area (Å²) in [7, 11) is 0. The van der Waals surface area contributed by atoms with E-state index in [1.54, 1.807) is 6.07 Å². The van der Waals surface area contributed by atoms with Gasteiger partial charge in [-0.3, -0.25) is 0 Å². The zero-order valence-electron chi connectivity index (χ0n) is 9.14. The minimum Gasteiger partial charge on any atom is -0.399 e. The Morgan fingerprint density at radius 3 is 2.24 bits per heavy atom. The number of hydrogen-bond acceptors (Lipinski definition) is 4. The van der Waals surface area contributed by atoms with E-state index >= 15 is 0 Å². The van der Waals surface area contributed by atoms with Crippen molar-refractivity contribution in [1.29, 1.82) is 0 Å². The predicted octanol–water partition coefficient (Wildman–Crippen LogP) is 2.13. The summed E-state index contributed by atoms with van der Waals surface area (Å²) in [6.45, 7) is 0. The second-order valence-corrected chi connectivity index (χ2v) is 4.11. The zero-order chi connectivity index (χ0) is 12.0. The molecule has 0 saturated heterocycles. The third-order valence-corrected chi connectivity index (χ3v) is 2.84. The fraction of sp³-hybridized carbons (Fsp3) is 0. The topological polar surface area (TPSA) is 91.0 Å². The number of anilines is 3. The van der Waals surface area contributed by atoms with Crippen LogP contribution in [0.4, 0.5) is 17.1 Å². The molecular weight excluding hydrogens is 212 g/mol. The molecule has 0 aliphatic rings. The SMILES string of the molecule is Nc1ccc2cc3cc(N)c(N)cc3nc2c1. The summed E-state index contributed by atoms with van der Waals surface area (Å²) in [5.41, 5.74) is 20.8. The van der Waals surface area contributed by atoms with Crippen molar-refractivity contribution in [2.45, 2.75) is 0 Å². The van der Waals surface area contributed by atoms with E-state index in [2.05, 4.69) is 4.98 Å². The van der Waals surface area contributed by atoms with E-state index < -0.39 is 0 Å². The van der Waals surface area contributed by atoms with Crippen molar-refractivity contribution in [3.63, 3.8) is 0 Å². The minimum atomic E-state index is 0.549. The van der Waals surface area contributed by atoms with Crippen molar-refractivity contribution in [2.24, 2.45) is 0 Å². The third-order valence-electron chi connectivity index (χ3n) is 2.84. The average Bonchev–Trinajstić information content (AvgIpc) is 2.28. The second-order valence-electron chi connectivity index (χ2n) is 4.11. The van der Waals surface area contributed by atoms with Crippen molar-refractivity contribution in [3.8, 4) is 0 Å². The van der Waals surface area contributed by atoms with Gasteiger partial charge < -0.3 is 17.2 Å². The van der Waals surface area contributed by atoms with Gasteiger partial charge in [0.15, 0.2) is 0 Å². The van der Waals surface area contributed by atoms with E-state index in [1.807, 2.05) is 30.3 Å². The highest BCUT2D eigenvalue weighted by Gasteiger charge is 2.03. The van der Waals surface area contributed by atoms with Gasteiger partial charge >= 0.3 is 0 Å². The third kappa shape index (κ3) is 1.50. The van der Waals surface area contributed by atoms with Gasteiger partial charge in [0.05, 0.1) is 22.4 Å². The van der Waals surface area contributed by atoms with Crippen molar-refractivity contribution in [2.75, 3.05) is 17.2 Å². The Labute approximate surface area is 98.0 Å². The molecule has 4 heteroatoms. The van der Waals surface area contributed by atoms with E-state index in [0.29, 0.717) is 17.1 Å². The first-order valence-electron chi connectivity index (χ1n) is 5.28. The van der Waals surface area contributed by atoms with E-state index in [0.717, 1.165) is 21.8 Å². The first-order chi connectivity index (χ1) is 8.13. The largest absolute Gasteiger partial charge is 0.399 e. The van der Waals surface area contributed by atoms with Crippen LogP contribution < -0.4 is 17.2 Å². The molecule has 2 aromatic carbocycles. The second kappa shape index (κ2) is 3.25. The van der Waals surface area contributed by atoms with Crippen LogP contribution in [-0.2, 0) is 0 Å². The number of nitrogens with zero attached hydrogens (tertiary/aromatic N) is 1. The molecule has 0 unspecified atom stereocenters. The normalized spacial score (nSPS) is 11.1. The lowest BCUT2D eigenvalue weighted by Crippen LogP contribution is -1.95. The molecule has 0 fully saturated rings. The summed E-state index contributed by atoms with van der Waals surface area (Å²) in [4.78, 5) is 4.52. The maximum Gasteiger partial charge on any atom is 0.0731 e. The van der Waals surface area contributed by atoms with Crippen molar-refractivity contribution >= 4 is 38.9 Å². The summed E-state index contributed by atoms with van der Waals surface area (Å²) in [5, 5.41) is 2.02. The molecule has 0 spiro atoms. The molecule has 84 valence electrons. The highest BCUT2D eigenvalue weighted by Crippen LogP contribution is 2.26. The minimum absolute atomic E-state index is 0.549. The Morgan fingerprint density at radius 2 is 1.41 bits per heavy atom. The zero-order valence-corrected chi connectivity index (χ0v) is 9.14. The van der Waals surface area contributed by atoms with Crippen molar-refractivity contribution in [1.82, 2.24) is 4.98 Å². The molecule has 6 N–H and O–H groups in total. The fourth-order valence-electron chi connectivity index (χ4n) is 1.93. The van der Waals surface area contributed by atoms with E-state index in [1.165, 1.54) is 0 Å². The molecule has 0 amide bonds. The lowest BCUT2D eigenvalue weighted by Gasteiger charge is -2.05. The number of nitrogen functional groups attached to an aromatic ring is 3. The molecule has 0 bridgehead atoms. The smallest absolute Gasteiger partial charge is 0.0731 e. The summed E-state index contributed by atoms with van der Waals surface area (Å²) >= 11 is 0. The summed E-state index contributed by atoms with van der Waals surface area (Å²) in [6.07, 6.45) is 0. The van der Waals surface area contributed by atoms with Crippen LogP contribution in [0.5, 0.6) is 0 Å². The Bertz CT molecular complexity index is 734. The maximum atomic E-state index is 5.78. The first-order valence-corrected chi connectivity index (χ1v) is 5.28. The van der Waals surface area contributed by atoms with Crippen LogP contribution in [0.25, 0.3) is 21.8 Å². The van der Waals surface area contributed by atoms with Gasteiger partial charge in [0.2, 0.25) is 0 Å². The predicted molar refractivity (Wildman–Crippen MR) is 72.5 cm³/mol. The van der Waals surface area contributed by atoms with Crippen LogP contribution in [-0.4, -0.2) is 4.98 Å². The standard InChI is InChI=1S/C13H12N4/c14-9-2-1-7-3-8-4-10(15)11(16)6-13(8)17-12(7)5-9/h1-6H,14-16H2. The van der Waals surface area contributed by atoms with Gasteiger partial charge in [-0.05, 0) is 30.3 Å². The average molecular weight is 224 g/mol. The van der Waals surface area contributed by atoms with Gasteiger partial charge in [0.1, 0.15) is 0 Å². The Morgan fingerprint density at radius 1 is 0.706 bits per heavy atom. The van der Waals surface area contributed by atoms with Gasteiger partial charge in [0.25, 0.3) is 0 Å². The Hall–Kier alpha value is -2.49. The molecule has 1 heterocycles. The van der Waals surface area contributed by atoms with Gasteiger partial charge in [-0.15, -0.1) is 0 Å². The van der Waals surface area contributed by atoms with Crippen LogP contribution in [0, 0.1) is 0 Å². The highest BCUT2D eigenvalue weighted by molar-refractivity contribution is 5.97. The number of nitrogens with two attached hydrogens (primary N) is 3. The van der Waals surface area contributed by atoms with E-state index in [-0.39, 0.29) is 0 Å². The molecular formula is C13H12N4. The van der Waals surface area contributed by atoms with Crippen LogP contribution in [0.3, 0.4) is 0 Å². The molecule has 0 atom stereocenters. The molecule has 0 radical (unpaired) electrons. The maximum absolute atomic E-state index is 5.78. The number of hydrogen-bond donors (Lipinski definition) is 3. The van der Waals surface area contributed by atoms with Gasteiger partial charge in [0, 0.05) is 16.5 Å². The summed E-state index contributed by atoms with van der Waals surface area (Å²) in [5.74, 6) is 0.